The van der Waals surface area contributed by atoms with Gasteiger partial charge in [-0.3, -0.25) is 0 Å². The Morgan fingerprint density at radius 3 is 2.44 bits per heavy atom. The molecule has 0 amide bonds. The lowest BCUT2D eigenvalue weighted by atomic mass is 9.91. The number of nitrogens with one attached hydrogen (secondary N) is 2. The maximum atomic E-state index is 12.5. The van der Waals surface area contributed by atoms with E-state index in [1.165, 1.54) is 5.56 Å². The summed E-state index contributed by atoms with van der Waals surface area (Å²) in [5.41, 5.74) is 1.07. The third-order valence-electron chi connectivity index (χ3n) is 4.65. The second-order valence-corrected chi connectivity index (χ2v) is 6.59. The quantitative estimate of drug-likeness (QED) is 0.888. The molecule has 25 heavy (non-hydrogen) atoms. The number of ether oxygens (including phenoxy) is 1. The van der Waals surface area contributed by atoms with Crippen molar-refractivity contribution in [2.45, 2.75) is 30.7 Å². The Balaban J connectivity index is 1.40. The van der Waals surface area contributed by atoms with Crippen molar-refractivity contribution >= 4 is 11.6 Å². The molecule has 8 heteroatoms. The van der Waals surface area contributed by atoms with Crippen molar-refractivity contribution in [3.8, 4) is 0 Å². The van der Waals surface area contributed by atoms with Crippen molar-refractivity contribution in [2.75, 3.05) is 18.5 Å². The van der Waals surface area contributed by atoms with Crippen LogP contribution in [0.1, 0.15) is 17.5 Å². The molecule has 3 heterocycles. The minimum absolute atomic E-state index is 0.0378. The minimum atomic E-state index is -4.43. The third kappa shape index (κ3) is 3.45. The van der Waals surface area contributed by atoms with Crippen molar-refractivity contribution in [2.24, 2.45) is 0 Å². The number of hydrogen-bond acceptors (Lipinski definition) is 5. The largest absolute Gasteiger partial charge is 0.419 e. The highest BCUT2D eigenvalue weighted by atomic mass is 19.4. The maximum absolute atomic E-state index is 12.5. The molecule has 2 fully saturated rings. The van der Waals surface area contributed by atoms with E-state index in [4.69, 9.17) is 4.74 Å². The Hall–Kier alpha value is -2.19. The van der Waals surface area contributed by atoms with E-state index in [0.717, 1.165) is 44.1 Å². The molecule has 2 aliphatic rings. The van der Waals surface area contributed by atoms with E-state index >= 15 is 0 Å². The second-order valence-electron chi connectivity index (χ2n) is 6.59. The van der Waals surface area contributed by atoms with Crippen LogP contribution in [0.3, 0.4) is 0 Å². The zero-order chi connectivity index (χ0) is 17.5. The number of benzene rings is 1. The van der Waals surface area contributed by atoms with Crippen molar-refractivity contribution in [3.63, 3.8) is 0 Å². The maximum Gasteiger partial charge on any atom is 0.419 e. The molecular weight excluding hydrogens is 333 g/mol. The van der Waals surface area contributed by atoms with Crippen molar-refractivity contribution in [1.82, 2.24) is 15.3 Å². The first kappa shape index (κ1) is 16.3. The van der Waals surface area contributed by atoms with Gasteiger partial charge in [0.25, 0.3) is 0 Å². The van der Waals surface area contributed by atoms with Crippen molar-refractivity contribution in [1.29, 1.82) is 0 Å². The number of fused-ring (bicyclic) bond motifs is 2. The van der Waals surface area contributed by atoms with Crippen LogP contribution in [-0.2, 0) is 17.3 Å². The van der Waals surface area contributed by atoms with E-state index in [-0.39, 0.29) is 11.5 Å². The molecule has 2 bridgehead atoms. The zero-order valence-electron chi connectivity index (χ0n) is 13.3. The molecule has 2 atom stereocenters. The van der Waals surface area contributed by atoms with Gasteiger partial charge in [-0.1, -0.05) is 12.1 Å². The summed E-state index contributed by atoms with van der Waals surface area (Å²) >= 11 is 0. The Morgan fingerprint density at radius 2 is 1.92 bits per heavy atom. The molecule has 0 aliphatic carbocycles. The van der Waals surface area contributed by atoms with Gasteiger partial charge in [0.15, 0.2) is 0 Å². The van der Waals surface area contributed by atoms with Crippen LogP contribution >= 0.6 is 0 Å². The number of aromatic nitrogens is 2. The van der Waals surface area contributed by atoms with E-state index in [1.807, 2.05) is 24.3 Å². The normalized spacial score (nSPS) is 25.3. The minimum Gasteiger partial charge on any atom is -0.375 e. The smallest absolute Gasteiger partial charge is 0.375 e. The van der Waals surface area contributed by atoms with Crippen LogP contribution in [0.2, 0.25) is 0 Å². The van der Waals surface area contributed by atoms with Crippen LogP contribution in [0.25, 0.3) is 0 Å². The van der Waals surface area contributed by atoms with Crippen molar-refractivity contribution in [3.05, 3.63) is 47.8 Å². The van der Waals surface area contributed by atoms with Crippen LogP contribution in [-0.4, -0.2) is 34.8 Å². The van der Waals surface area contributed by atoms with E-state index in [1.54, 1.807) is 0 Å². The molecular formula is C17H17F3N4O. The van der Waals surface area contributed by atoms with Crippen LogP contribution in [0.15, 0.2) is 36.7 Å². The number of morpholine rings is 1. The summed E-state index contributed by atoms with van der Waals surface area (Å²) in [7, 11) is 0. The summed E-state index contributed by atoms with van der Waals surface area (Å²) in [6, 6.07) is 7.73. The molecule has 2 aromatic rings. The molecule has 5 nitrogen and oxygen atoms in total. The average Bonchev–Trinajstić information content (AvgIpc) is 3.17. The fourth-order valence-electron chi connectivity index (χ4n) is 3.37. The van der Waals surface area contributed by atoms with Crippen LogP contribution in [0, 0.1) is 0 Å². The van der Waals surface area contributed by atoms with Crippen LogP contribution in [0.4, 0.5) is 24.8 Å². The lowest BCUT2D eigenvalue weighted by Crippen LogP contribution is -2.46. The van der Waals surface area contributed by atoms with Crippen molar-refractivity contribution < 1.29 is 17.9 Å². The standard InChI is InChI=1S/C17H17F3N4O/c18-17(19,20)12-7-21-15(22-8-12)24-13-3-1-11(2-4-13)5-16-6-14(9-23-16)25-10-16/h1-4,7-8,14,23H,5-6,9-10H2,(H,21,22,24)/t14-,16-/m0/s1. The molecule has 2 aliphatic heterocycles. The highest BCUT2D eigenvalue weighted by molar-refractivity contribution is 5.53. The Kier molecular flexibility index (Phi) is 3.88. The predicted octanol–water partition coefficient (Wildman–Crippen LogP) is 2.91. The summed E-state index contributed by atoms with van der Waals surface area (Å²) in [6.45, 7) is 1.64. The number of nitrogens with zero attached hydrogens (tertiary/aromatic N) is 2. The predicted molar refractivity (Wildman–Crippen MR) is 85.6 cm³/mol. The first-order valence-corrected chi connectivity index (χ1v) is 8.04. The first-order chi connectivity index (χ1) is 11.9. The number of anilines is 2. The molecule has 0 saturated carbocycles. The lowest BCUT2D eigenvalue weighted by molar-refractivity contribution is -0.138. The molecule has 4 rings (SSSR count). The van der Waals surface area contributed by atoms with Crippen LogP contribution in [0.5, 0.6) is 0 Å². The fraction of sp³-hybridized carbons (Fsp3) is 0.412. The van der Waals surface area contributed by atoms with Gasteiger partial charge in [-0.2, -0.15) is 13.2 Å². The molecule has 1 aromatic carbocycles. The fourth-order valence-corrected chi connectivity index (χ4v) is 3.37. The van der Waals surface area contributed by atoms with Gasteiger partial charge >= 0.3 is 6.18 Å². The average molecular weight is 350 g/mol. The van der Waals surface area contributed by atoms with Gasteiger partial charge in [-0.15, -0.1) is 0 Å². The van der Waals surface area contributed by atoms with E-state index in [0.29, 0.717) is 6.10 Å². The summed E-state index contributed by atoms with van der Waals surface area (Å²) in [5.74, 6) is 0.129. The van der Waals surface area contributed by atoms with Gasteiger partial charge in [0.1, 0.15) is 0 Å². The van der Waals surface area contributed by atoms with Gasteiger partial charge < -0.3 is 15.4 Å². The number of halogens is 3. The summed E-state index contributed by atoms with van der Waals surface area (Å²) in [5, 5.41) is 6.44. The van der Waals surface area contributed by atoms with Gasteiger partial charge in [-0.05, 0) is 30.5 Å². The zero-order valence-corrected chi connectivity index (χ0v) is 13.3. The third-order valence-corrected chi connectivity index (χ3v) is 4.65. The van der Waals surface area contributed by atoms with Gasteiger partial charge in [0.05, 0.1) is 18.3 Å². The Bertz CT molecular complexity index is 738. The van der Waals surface area contributed by atoms with Gasteiger partial charge in [0.2, 0.25) is 5.95 Å². The summed E-state index contributed by atoms with van der Waals surface area (Å²) in [4.78, 5) is 7.41. The summed E-state index contributed by atoms with van der Waals surface area (Å²) < 4.78 is 43.2. The summed E-state index contributed by atoms with van der Waals surface area (Å²) in [6.07, 6.45) is -0.641. The molecule has 0 unspecified atom stereocenters. The van der Waals surface area contributed by atoms with Gasteiger partial charge in [-0.25, -0.2) is 9.97 Å². The first-order valence-electron chi connectivity index (χ1n) is 8.04. The SMILES string of the molecule is FC(F)(F)c1cnc(Nc2ccc(C[C@]34CO[C@H](CN3)C4)cc2)nc1. The van der Waals surface area contributed by atoms with E-state index < -0.39 is 11.7 Å². The molecule has 132 valence electrons. The molecule has 0 radical (unpaired) electrons. The highest BCUT2D eigenvalue weighted by Gasteiger charge is 2.45. The van der Waals surface area contributed by atoms with Crippen LogP contribution < -0.4 is 10.6 Å². The van der Waals surface area contributed by atoms with E-state index in [9.17, 15) is 13.2 Å². The number of rotatable bonds is 4. The highest BCUT2D eigenvalue weighted by Crippen LogP contribution is 2.33. The number of hydrogen-bond donors (Lipinski definition) is 2. The Morgan fingerprint density at radius 1 is 1.20 bits per heavy atom. The molecule has 1 aromatic heterocycles. The number of alkyl halides is 3. The van der Waals surface area contributed by atoms with Gasteiger partial charge in [0, 0.05) is 30.2 Å². The lowest BCUT2D eigenvalue weighted by Gasteiger charge is -2.27. The van der Waals surface area contributed by atoms with E-state index in [2.05, 4.69) is 20.6 Å². The second kappa shape index (κ2) is 5.96. The molecule has 0 spiro atoms. The monoisotopic (exact) mass is 350 g/mol. The Labute approximate surface area is 142 Å². The molecule has 2 N–H and O–H groups in total. The molecule has 2 saturated heterocycles. The topological polar surface area (TPSA) is 59.1 Å².